The summed E-state index contributed by atoms with van der Waals surface area (Å²) < 4.78 is 13.7. The SMILES string of the molecule is COCCC(C)(C)Cn1c(COCc2ccccc2)nnc1N1CCN(Cc2ccccc2)CC1. The second-order valence-electron chi connectivity index (χ2n) is 10.1. The van der Waals surface area contributed by atoms with Crippen molar-refractivity contribution in [2.24, 2.45) is 5.41 Å². The van der Waals surface area contributed by atoms with E-state index in [0.717, 1.165) is 69.6 Å². The minimum absolute atomic E-state index is 0.0520. The Morgan fingerprint density at radius 1 is 0.829 bits per heavy atom. The summed E-state index contributed by atoms with van der Waals surface area (Å²) in [5.41, 5.74) is 2.58. The van der Waals surface area contributed by atoms with Gasteiger partial charge in [-0.3, -0.25) is 9.47 Å². The van der Waals surface area contributed by atoms with Crippen LogP contribution in [-0.4, -0.2) is 59.6 Å². The van der Waals surface area contributed by atoms with Crippen molar-refractivity contribution in [1.82, 2.24) is 19.7 Å². The van der Waals surface area contributed by atoms with Gasteiger partial charge in [0.1, 0.15) is 6.61 Å². The first-order valence-electron chi connectivity index (χ1n) is 12.6. The van der Waals surface area contributed by atoms with Gasteiger partial charge in [0.2, 0.25) is 5.95 Å². The molecule has 0 spiro atoms. The predicted molar refractivity (Wildman–Crippen MR) is 139 cm³/mol. The minimum atomic E-state index is 0.0520. The van der Waals surface area contributed by atoms with Gasteiger partial charge < -0.3 is 14.4 Å². The summed E-state index contributed by atoms with van der Waals surface area (Å²) in [6.07, 6.45) is 0.969. The van der Waals surface area contributed by atoms with Crippen molar-refractivity contribution in [2.75, 3.05) is 44.8 Å². The van der Waals surface area contributed by atoms with Gasteiger partial charge in [-0.1, -0.05) is 74.5 Å². The molecular weight excluding hydrogens is 438 g/mol. The summed E-state index contributed by atoms with van der Waals surface area (Å²) in [7, 11) is 1.76. The lowest BCUT2D eigenvalue weighted by Gasteiger charge is -2.36. The smallest absolute Gasteiger partial charge is 0.227 e. The molecule has 0 aliphatic carbocycles. The maximum Gasteiger partial charge on any atom is 0.227 e. The highest BCUT2D eigenvalue weighted by molar-refractivity contribution is 5.32. The number of methoxy groups -OCH3 is 1. The van der Waals surface area contributed by atoms with Gasteiger partial charge >= 0.3 is 0 Å². The van der Waals surface area contributed by atoms with Gasteiger partial charge in [0.25, 0.3) is 0 Å². The van der Waals surface area contributed by atoms with E-state index < -0.39 is 0 Å². The molecule has 0 radical (unpaired) electrons. The Hall–Kier alpha value is -2.74. The highest BCUT2D eigenvalue weighted by atomic mass is 16.5. The molecule has 0 atom stereocenters. The fourth-order valence-electron chi connectivity index (χ4n) is 4.50. The highest BCUT2D eigenvalue weighted by Crippen LogP contribution is 2.27. The topological polar surface area (TPSA) is 55.7 Å². The summed E-state index contributed by atoms with van der Waals surface area (Å²) in [6, 6.07) is 21.0. The number of piperazine rings is 1. The van der Waals surface area contributed by atoms with E-state index in [-0.39, 0.29) is 5.41 Å². The molecular formula is C28H39N5O2. The average Bonchev–Trinajstić information content (AvgIpc) is 3.26. The van der Waals surface area contributed by atoms with Gasteiger partial charge in [-0.25, -0.2) is 0 Å². The lowest BCUT2D eigenvalue weighted by atomic mass is 9.89. The molecule has 35 heavy (non-hydrogen) atoms. The zero-order chi connectivity index (χ0) is 24.5. The fraction of sp³-hybridized carbons (Fsp3) is 0.500. The van der Waals surface area contributed by atoms with E-state index in [4.69, 9.17) is 9.47 Å². The summed E-state index contributed by atoms with van der Waals surface area (Å²) >= 11 is 0. The van der Waals surface area contributed by atoms with Crippen molar-refractivity contribution >= 4 is 5.95 Å². The van der Waals surface area contributed by atoms with Crippen LogP contribution in [0.2, 0.25) is 0 Å². The van der Waals surface area contributed by atoms with Crippen LogP contribution in [0.25, 0.3) is 0 Å². The molecule has 1 aliphatic heterocycles. The minimum Gasteiger partial charge on any atom is -0.385 e. The summed E-state index contributed by atoms with van der Waals surface area (Å²) in [5.74, 6) is 1.83. The zero-order valence-corrected chi connectivity index (χ0v) is 21.4. The highest BCUT2D eigenvalue weighted by Gasteiger charge is 2.27. The van der Waals surface area contributed by atoms with E-state index in [9.17, 15) is 0 Å². The lowest BCUT2D eigenvalue weighted by molar-refractivity contribution is 0.0955. The van der Waals surface area contributed by atoms with Crippen molar-refractivity contribution in [3.05, 3.63) is 77.6 Å². The second kappa shape index (κ2) is 12.3. The number of aromatic nitrogens is 3. The molecule has 1 saturated heterocycles. The molecule has 0 saturated carbocycles. The monoisotopic (exact) mass is 477 g/mol. The largest absolute Gasteiger partial charge is 0.385 e. The molecule has 1 aromatic heterocycles. The third kappa shape index (κ3) is 7.37. The van der Waals surface area contributed by atoms with Crippen LogP contribution in [0, 0.1) is 5.41 Å². The first kappa shape index (κ1) is 25.4. The van der Waals surface area contributed by atoms with E-state index in [1.54, 1.807) is 7.11 Å². The number of rotatable bonds is 12. The maximum atomic E-state index is 6.05. The quantitative estimate of drug-likeness (QED) is 0.386. The van der Waals surface area contributed by atoms with Crippen molar-refractivity contribution in [2.45, 2.75) is 46.6 Å². The van der Waals surface area contributed by atoms with E-state index in [0.29, 0.717) is 13.2 Å². The van der Waals surface area contributed by atoms with Crippen LogP contribution in [0.3, 0.4) is 0 Å². The standard InChI is InChI=1S/C28H39N5O2/c1-28(2,14-19-34-3)23-33-26(22-35-21-25-12-8-5-9-13-25)29-30-27(33)32-17-15-31(16-18-32)20-24-10-6-4-7-11-24/h4-13H,14-23H2,1-3H3. The van der Waals surface area contributed by atoms with E-state index in [1.807, 2.05) is 18.2 Å². The first-order valence-corrected chi connectivity index (χ1v) is 12.6. The molecule has 7 heteroatoms. The van der Waals surface area contributed by atoms with E-state index in [2.05, 4.69) is 80.9 Å². The van der Waals surface area contributed by atoms with Crippen molar-refractivity contribution in [1.29, 1.82) is 0 Å². The van der Waals surface area contributed by atoms with Crippen molar-refractivity contribution in [3.63, 3.8) is 0 Å². The summed E-state index contributed by atoms with van der Waals surface area (Å²) in [4.78, 5) is 4.89. The Labute approximate surface area is 209 Å². The molecule has 0 N–H and O–H groups in total. The molecule has 2 heterocycles. The van der Waals surface area contributed by atoms with Gasteiger partial charge in [-0.2, -0.15) is 0 Å². The van der Waals surface area contributed by atoms with Crippen LogP contribution in [0.4, 0.5) is 5.95 Å². The Kier molecular flexibility index (Phi) is 8.90. The molecule has 2 aromatic carbocycles. The average molecular weight is 478 g/mol. The van der Waals surface area contributed by atoms with Crippen LogP contribution in [0.15, 0.2) is 60.7 Å². The number of benzene rings is 2. The van der Waals surface area contributed by atoms with Gasteiger partial charge in [0, 0.05) is 53.0 Å². The first-order chi connectivity index (χ1) is 17.0. The maximum absolute atomic E-state index is 6.05. The molecule has 4 rings (SSSR count). The number of ether oxygens (including phenoxy) is 2. The Morgan fingerprint density at radius 2 is 1.49 bits per heavy atom. The van der Waals surface area contributed by atoms with Crippen LogP contribution < -0.4 is 4.90 Å². The van der Waals surface area contributed by atoms with E-state index >= 15 is 0 Å². The lowest BCUT2D eigenvalue weighted by Crippen LogP contribution is -2.47. The molecule has 1 aliphatic rings. The number of hydrogen-bond acceptors (Lipinski definition) is 6. The number of hydrogen-bond donors (Lipinski definition) is 0. The van der Waals surface area contributed by atoms with Crippen molar-refractivity contribution < 1.29 is 9.47 Å². The van der Waals surface area contributed by atoms with Crippen LogP contribution in [0.1, 0.15) is 37.2 Å². The predicted octanol–water partition coefficient (Wildman–Crippen LogP) is 4.38. The van der Waals surface area contributed by atoms with Gasteiger partial charge in [-0.05, 0) is 23.0 Å². The van der Waals surface area contributed by atoms with Gasteiger partial charge in [-0.15, -0.1) is 10.2 Å². The molecule has 0 bridgehead atoms. The number of nitrogens with zero attached hydrogens (tertiary/aromatic N) is 5. The Bertz CT molecular complexity index is 1010. The van der Waals surface area contributed by atoms with E-state index in [1.165, 1.54) is 5.56 Å². The Morgan fingerprint density at radius 3 is 2.14 bits per heavy atom. The molecule has 7 nitrogen and oxygen atoms in total. The third-order valence-corrected chi connectivity index (χ3v) is 6.62. The molecule has 188 valence electrons. The van der Waals surface area contributed by atoms with Crippen molar-refractivity contribution in [3.8, 4) is 0 Å². The normalized spacial score (nSPS) is 15.0. The van der Waals surface area contributed by atoms with Gasteiger partial charge in [0.15, 0.2) is 5.82 Å². The zero-order valence-electron chi connectivity index (χ0n) is 21.4. The van der Waals surface area contributed by atoms with Crippen LogP contribution in [-0.2, 0) is 35.8 Å². The molecule has 1 fully saturated rings. The molecule has 0 unspecified atom stereocenters. The number of anilines is 1. The Balaban J connectivity index is 1.43. The summed E-state index contributed by atoms with van der Waals surface area (Å²) in [5, 5.41) is 9.22. The van der Waals surface area contributed by atoms with Gasteiger partial charge in [0.05, 0.1) is 6.61 Å². The third-order valence-electron chi connectivity index (χ3n) is 6.62. The van der Waals surface area contributed by atoms with Crippen LogP contribution in [0.5, 0.6) is 0 Å². The molecule has 3 aromatic rings. The summed E-state index contributed by atoms with van der Waals surface area (Å²) in [6.45, 7) is 12.0. The fourth-order valence-corrected chi connectivity index (χ4v) is 4.50. The van der Waals surface area contributed by atoms with Crippen LogP contribution >= 0.6 is 0 Å². The molecule has 0 amide bonds. The second-order valence-corrected chi connectivity index (χ2v) is 10.1.